The van der Waals surface area contributed by atoms with Gasteiger partial charge in [-0.1, -0.05) is 326 Å². The van der Waals surface area contributed by atoms with Crippen molar-refractivity contribution >= 4 is 17.9 Å². The van der Waals surface area contributed by atoms with Crippen LogP contribution in [0.4, 0.5) is 0 Å². The van der Waals surface area contributed by atoms with Gasteiger partial charge in [-0.25, -0.2) is 0 Å². The van der Waals surface area contributed by atoms with Gasteiger partial charge in [-0.2, -0.15) is 0 Å². The van der Waals surface area contributed by atoms with E-state index in [1.807, 2.05) is 0 Å². The van der Waals surface area contributed by atoms with Gasteiger partial charge in [0, 0.05) is 19.3 Å². The highest BCUT2D eigenvalue weighted by Gasteiger charge is 2.19. The Morgan fingerprint density at radius 3 is 0.695 bits per heavy atom. The lowest BCUT2D eigenvalue weighted by Gasteiger charge is -2.18. The molecule has 1 unspecified atom stereocenters. The number of esters is 3. The van der Waals surface area contributed by atoms with Crippen LogP contribution < -0.4 is 0 Å². The molecule has 0 heterocycles. The Labute approximate surface area is 511 Å². The van der Waals surface area contributed by atoms with Crippen LogP contribution in [0.1, 0.15) is 400 Å². The second-order valence-corrected chi connectivity index (χ2v) is 24.8. The van der Waals surface area contributed by atoms with Crippen LogP contribution in [0.25, 0.3) is 0 Å². The quantitative estimate of drug-likeness (QED) is 0.0261. The van der Waals surface area contributed by atoms with Crippen molar-refractivity contribution < 1.29 is 28.6 Å². The Morgan fingerprint density at radius 1 is 0.244 bits per heavy atom. The van der Waals surface area contributed by atoms with Crippen LogP contribution in [-0.4, -0.2) is 37.2 Å². The fourth-order valence-corrected chi connectivity index (χ4v) is 11.0. The molecule has 0 rings (SSSR count). The maximum atomic E-state index is 13.0. The zero-order valence-electron chi connectivity index (χ0n) is 55.3. The van der Waals surface area contributed by atoms with Gasteiger partial charge in [0.15, 0.2) is 6.10 Å². The number of carbonyl (C=O) groups is 3. The van der Waals surface area contributed by atoms with E-state index in [0.717, 1.165) is 70.6 Å². The molecular weight excluding hydrogens is 1010 g/mol. The van der Waals surface area contributed by atoms with Crippen molar-refractivity contribution in [2.45, 2.75) is 406 Å². The van der Waals surface area contributed by atoms with Crippen LogP contribution in [0.5, 0.6) is 0 Å². The molecule has 0 radical (unpaired) electrons. The van der Waals surface area contributed by atoms with Gasteiger partial charge in [0.1, 0.15) is 13.2 Å². The van der Waals surface area contributed by atoms with Crippen molar-refractivity contribution in [2.24, 2.45) is 0 Å². The number of allylic oxidation sites excluding steroid dienone is 8. The van der Waals surface area contributed by atoms with Gasteiger partial charge >= 0.3 is 17.9 Å². The van der Waals surface area contributed by atoms with E-state index >= 15 is 0 Å². The zero-order valence-corrected chi connectivity index (χ0v) is 55.3. The second kappa shape index (κ2) is 70.9. The Morgan fingerprint density at radius 2 is 0.439 bits per heavy atom. The van der Waals surface area contributed by atoms with Crippen LogP contribution in [0.3, 0.4) is 0 Å². The predicted molar refractivity (Wildman–Crippen MR) is 358 cm³/mol. The molecule has 6 heteroatoms. The standard InChI is InChI=1S/C76H140O6/c1-4-7-10-13-16-19-22-25-28-31-34-36-37-38-39-41-42-45-48-51-54-57-60-63-66-69-75(78)81-72-73(71-80-74(77)68-65-62-59-56-53-50-47-44-33-30-27-24-21-18-15-12-9-6-3)82-76(79)70-67-64-61-58-55-52-49-46-43-40-35-32-29-26-23-20-17-14-11-8-5-2/h21,24,30-35,73H,4-20,22-23,25-29,36-72H2,1-3H3/b24-21-,33-30-,34-31-,35-32-. The number of hydrogen-bond acceptors (Lipinski definition) is 6. The van der Waals surface area contributed by atoms with Gasteiger partial charge in [0.25, 0.3) is 0 Å². The molecule has 0 bridgehead atoms. The van der Waals surface area contributed by atoms with E-state index in [-0.39, 0.29) is 31.1 Å². The van der Waals surface area contributed by atoms with Crippen LogP contribution in [0.2, 0.25) is 0 Å². The summed E-state index contributed by atoms with van der Waals surface area (Å²) in [5.74, 6) is -0.856. The van der Waals surface area contributed by atoms with Crippen molar-refractivity contribution in [1.82, 2.24) is 0 Å². The molecule has 0 saturated carbocycles. The van der Waals surface area contributed by atoms with Crippen molar-refractivity contribution in [3.8, 4) is 0 Å². The largest absolute Gasteiger partial charge is 0.462 e. The van der Waals surface area contributed by atoms with Crippen LogP contribution in [0, 0.1) is 0 Å². The van der Waals surface area contributed by atoms with E-state index in [1.54, 1.807) is 0 Å². The normalized spacial score (nSPS) is 12.3. The van der Waals surface area contributed by atoms with Crippen LogP contribution >= 0.6 is 0 Å². The first-order chi connectivity index (χ1) is 40.5. The van der Waals surface area contributed by atoms with Crippen molar-refractivity contribution in [3.63, 3.8) is 0 Å². The molecule has 480 valence electrons. The Bertz CT molecular complexity index is 1410. The summed E-state index contributed by atoms with van der Waals surface area (Å²) in [6.45, 7) is 6.69. The van der Waals surface area contributed by atoms with Gasteiger partial charge in [0.2, 0.25) is 0 Å². The topological polar surface area (TPSA) is 78.9 Å². The monoisotopic (exact) mass is 1150 g/mol. The highest BCUT2D eigenvalue weighted by molar-refractivity contribution is 5.71. The molecule has 0 aromatic carbocycles. The lowest BCUT2D eigenvalue weighted by atomic mass is 10.0. The third-order valence-electron chi connectivity index (χ3n) is 16.5. The minimum Gasteiger partial charge on any atom is -0.462 e. The van der Waals surface area contributed by atoms with Gasteiger partial charge in [-0.3, -0.25) is 14.4 Å². The first-order valence-corrected chi connectivity index (χ1v) is 36.6. The summed E-state index contributed by atoms with van der Waals surface area (Å²) in [7, 11) is 0. The van der Waals surface area contributed by atoms with E-state index in [0.29, 0.717) is 19.3 Å². The van der Waals surface area contributed by atoms with Gasteiger partial charge in [0.05, 0.1) is 0 Å². The number of rotatable bonds is 68. The molecule has 0 aliphatic carbocycles. The summed E-state index contributed by atoms with van der Waals surface area (Å²) >= 11 is 0. The molecule has 0 aliphatic heterocycles. The zero-order chi connectivity index (χ0) is 59.2. The third kappa shape index (κ3) is 68.2. The summed E-state index contributed by atoms with van der Waals surface area (Å²) in [5.41, 5.74) is 0. The second-order valence-electron chi connectivity index (χ2n) is 24.8. The smallest absolute Gasteiger partial charge is 0.306 e. The Balaban J connectivity index is 4.31. The number of ether oxygens (including phenoxy) is 3. The van der Waals surface area contributed by atoms with Crippen molar-refractivity contribution in [3.05, 3.63) is 48.6 Å². The first-order valence-electron chi connectivity index (χ1n) is 36.6. The number of unbranched alkanes of at least 4 members (excludes halogenated alkanes) is 49. The molecular formula is C76H140O6. The third-order valence-corrected chi connectivity index (χ3v) is 16.5. The maximum absolute atomic E-state index is 13.0. The average molecular weight is 1150 g/mol. The highest BCUT2D eigenvalue weighted by Crippen LogP contribution is 2.18. The van der Waals surface area contributed by atoms with E-state index in [1.165, 1.54) is 289 Å². The summed E-state index contributed by atoms with van der Waals surface area (Å²) in [5, 5.41) is 0. The Hall–Kier alpha value is -2.63. The lowest BCUT2D eigenvalue weighted by molar-refractivity contribution is -0.167. The van der Waals surface area contributed by atoms with E-state index in [9.17, 15) is 14.4 Å². The average Bonchev–Trinajstić information content (AvgIpc) is 3.47. The molecule has 0 spiro atoms. The fraction of sp³-hybridized carbons (Fsp3) is 0.855. The molecule has 0 amide bonds. The lowest BCUT2D eigenvalue weighted by Crippen LogP contribution is -2.30. The minimum atomic E-state index is -0.779. The molecule has 0 aliphatic rings. The SMILES string of the molecule is CCCCCC/C=C\C/C=C\CCCCCCCCCC(=O)OCC(COC(=O)CCCCCCCCCCCCCCC/C=C\CCCCCCCCCC)OC(=O)CCCCCCCCCCC/C=C\CCCCCCCCCC. The Kier molecular flexibility index (Phi) is 68.6. The molecule has 0 saturated heterocycles. The molecule has 0 aromatic heterocycles. The molecule has 6 nitrogen and oxygen atoms in total. The van der Waals surface area contributed by atoms with Crippen molar-refractivity contribution in [1.29, 1.82) is 0 Å². The summed E-state index contributed by atoms with van der Waals surface area (Å²) in [6.07, 6.45) is 90.0. The summed E-state index contributed by atoms with van der Waals surface area (Å²) in [6, 6.07) is 0. The van der Waals surface area contributed by atoms with E-state index in [4.69, 9.17) is 14.2 Å². The van der Waals surface area contributed by atoms with Gasteiger partial charge < -0.3 is 14.2 Å². The van der Waals surface area contributed by atoms with E-state index in [2.05, 4.69) is 69.4 Å². The van der Waals surface area contributed by atoms with Gasteiger partial charge in [-0.05, 0) is 103 Å². The molecule has 0 fully saturated rings. The predicted octanol–water partition coefficient (Wildman–Crippen LogP) is 25.3. The van der Waals surface area contributed by atoms with E-state index < -0.39 is 6.10 Å². The minimum absolute atomic E-state index is 0.0731. The first kappa shape index (κ1) is 79.4. The van der Waals surface area contributed by atoms with Crippen molar-refractivity contribution in [2.75, 3.05) is 13.2 Å². The van der Waals surface area contributed by atoms with Gasteiger partial charge in [-0.15, -0.1) is 0 Å². The molecule has 1 atom stereocenters. The van der Waals surface area contributed by atoms with Crippen LogP contribution in [0.15, 0.2) is 48.6 Å². The summed E-state index contributed by atoms with van der Waals surface area (Å²) in [4.78, 5) is 38.5. The molecule has 0 N–H and O–H groups in total. The number of carbonyl (C=O) groups excluding carboxylic acids is 3. The maximum Gasteiger partial charge on any atom is 0.306 e. The molecule has 0 aromatic rings. The highest BCUT2D eigenvalue weighted by atomic mass is 16.6. The summed E-state index contributed by atoms with van der Waals surface area (Å²) < 4.78 is 17.0. The van der Waals surface area contributed by atoms with Crippen LogP contribution in [-0.2, 0) is 28.6 Å². The fourth-order valence-electron chi connectivity index (χ4n) is 11.0. The number of hydrogen-bond donors (Lipinski definition) is 0. The molecule has 82 heavy (non-hydrogen) atoms.